The van der Waals surface area contributed by atoms with Gasteiger partial charge >= 0.3 is 0 Å². The second-order valence-electron chi connectivity index (χ2n) is 3.79. The Morgan fingerprint density at radius 1 is 1.43 bits per heavy atom. The number of hydrogen-bond acceptors (Lipinski definition) is 2. The van der Waals surface area contributed by atoms with E-state index in [0.29, 0.717) is 6.10 Å². The topological polar surface area (TPSA) is 29.5 Å². The standard InChI is InChI=1S/C12H24O2/c1-4-5-6-7-12(14-3)10-11(2)8-9-13/h8,12-13H,4-7,9-10H2,1-3H3. The predicted octanol–water partition coefficient (Wildman–Crippen LogP) is 2.91. The summed E-state index contributed by atoms with van der Waals surface area (Å²) in [5.74, 6) is 0. The molecule has 1 N–H and O–H groups in total. The van der Waals surface area contributed by atoms with Crippen molar-refractivity contribution < 1.29 is 9.84 Å². The molecule has 0 aliphatic carbocycles. The summed E-state index contributed by atoms with van der Waals surface area (Å²) < 4.78 is 5.39. The number of unbranched alkanes of at least 4 members (excludes halogenated alkanes) is 2. The summed E-state index contributed by atoms with van der Waals surface area (Å²) in [6.07, 6.45) is 8.02. The number of rotatable bonds is 8. The summed E-state index contributed by atoms with van der Waals surface area (Å²) in [7, 11) is 1.77. The number of ether oxygens (including phenoxy) is 1. The fourth-order valence-corrected chi connectivity index (χ4v) is 1.52. The van der Waals surface area contributed by atoms with Crippen LogP contribution in [0.2, 0.25) is 0 Å². The van der Waals surface area contributed by atoms with Gasteiger partial charge in [0, 0.05) is 7.11 Å². The minimum atomic E-state index is 0.136. The van der Waals surface area contributed by atoms with Gasteiger partial charge < -0.3 is 9.84 Å². The summed E-state index contributed by atoms with van der Waals surface area (Å²) in [5.41, 5.74) is 1.22. The van der Waals surface area contributed by atoms with Gasteiger partial charge in [-0.25, -0.2) is 0 Å². The van der Waals surface area contributed by atoms with Crippen LogP contribution in [0.1, 0.15) is 46.0 Å². The Labute approximate surface area is 88.0 Å². The molecular formula is C12H24O2. The highest BCUT2D eigenvalue weighted by molar-refractivity contribution is 4.99. The van der Waals surface area contributed by atoms with Crippen LogP contribution in [0.5, 0.6) is 0 Å². The van der Waals surface area contributed by atoms with Crippen molar-refractivity contribution >= 4 is 0 Å². The molecule has 0 radical (unpaired) electrons. The summed E-state index contributed by atoms with van der Waals surface area (Å²) in [5, 5.41) is 8.72. The minimum Gasteiger partial charge on any atom is -0.392 e. The molecule has 0 heterocycles. The highest BCUT2D eigenvalue weighted by Crippen LogP contribution is 2.14. The van der Waals surface area contributed by atoms with Gasteiger partial charge in [0.05, 0.1) is 12.7 Å². The molecule has 0 spiro atoms. The predicted molar refractivity (Wildman–Crippen MR) is 60.4 cm³/mol. The average Bonchev–Trinajstić information content (AvgIpc) is 2.17. The lowest BCUT2D eigenvalue weighted by molar-refractivity contribution is 0.0930. The summed E-state index contributed by atoms with van der Waals surface area (Å²) in [6.45, 7) is 4.39. The molecule has 1 atom stereocenters. The molecule has 84 valence electrons. The van der Waals surface area contributed by atoms with Crippen LogP contribution in [0, 0.1) is 0 Å². The normalized spacial score (nSPS) is 14.4. The van der Waals surface area contributed by atoms with Crippen LogP contribution < -0.4 is 0 Å². The number of aliphatic hydroxyl groups is 1. The van der Waals surface area contributed by atoms with Crippen LogP contribution in [0.25, 0.3) is 0 Å². The van der Waals surface area contributed by atoms with E-state index in [1.165, 1.54) is 24.8 Å². The van der Waals surface area contributed by atoms with Gasteiger partial charge in [0.25, 0.3) is 0 Å². The lowest BCUT2D eigenvalue weighted by atomic mass is 10.0. The SMILES string of the molecule is CCCCCC(CC(C)=CCO)OC. The molecule has 2 heteroatoms. The first-order valence-corrected chi connectivity index (χ1v) is 5.53. The molecule has 0 rings (SSSR count). The minimum absolute atomic E-state index is 0.136. The zero-order valence-corrected chi connectivity index (χ0v) is 9.75. The maximum absolute atomic E-state index is 8.72. The average molecular weight is 200 g/mol. The van der Waals surface area contributed by atoms with E-state index < -0.39 is 0 Å². The largest absolute Gasteiger partial charge is 0.392 e. The second kappa shape index (κ2) is 9.22. The van der Waals surface area contributed by atoms with E-state index in [4.69, 9.17) is 9.84 Å². The smallest absolute Gasteiger partial charge is 0.0614 e. The molecular weight excluding hydrogens is 176 g/mol. The van der Waals surface area contributed by atoms with Crippen molar-refractivity contribution in [3.8, 4) is 0 Å². The van der Waals surface area contributed by atoms with E-state index in [2.05, 4.69) is 6.92 Å². The zero-order valence-electron chi connectivity index (χ0n) is 9.75. The lowest BCUT2D eigenvalue weighted by Crippen LogP contribution is -2.11. The summed E-state index contributed by atoms with van der Waals surface area (Å²) in [6, 6.07) is 0. The Kier molecular flexibility index (Phi) is 9.00. The van der Waals surface area contributed by atoms with E-state index in [1.54, 1.807) is 7.11 Å². The fourth-order valence-electron chi connectivity index (χ4n) is 1.52. The van der Waals surface area contributed by atoms with E-state index in [9.17, 15) is 0 Å². The van der Waals surface area contributed by atoms with Crippen molar-refractivity contribution in [3.63, 3.8) is 0 Å². The van der Waals surface area contributed by atoms with Crippen molar-refractivity contribution in [1.29, 1.82) is 0 Å². The second-order valence-corrected chi connectivity index (χ2v) is 3.79. The molecule has 0 fully saturated rings. The summed E-state index contributed by atoms with van der Waals surface area (Å²) in [4.78, 5) is 0. The fraction of sp³-hybridized carbons (Fsp3) is 0.833. The van der Waals surface area contributed by atoms with Crippen LogP contribution in [-0.4, -0.2) is 24.9 Å². The van der Waals surface area contributed by atoms with E-state index in [-0.39, 0.29) is 6.61 Å². The van der Waals surface area contributed by atoms with Gasteiger partial charge in [-0.1, -0.05) is 37.8 Å². The van der Waals surface area contributed by atoms with Crippen molar-refractivity contribution in [2.45, 2.75) is 52.1 Å². The molecule has 0 aromatic carbocycles. The van der Waals surface area contributed by atoms with Gasteiger partial charge in [0.15, 0.2) is 0 Å². The van der Waals surface area contributed by atoms with Crippen molar-refractivity contribution in [1.82, 2.24) is 0 Å². The van der Waals surface area contributed by atoms with Crippen LogP contribution in [0.3, 0.4) is 0 Å². The molecule has 0 aromatic heterocycles. The third-order valence-corrected chi connectivity index (χ3v) is 2.45. The van der Waals surface area contributed by atoms with Gasteiger partial charge in [-0.15, -0.1) is 0 Å². The molecule has 0 aliphatic rings. The Bertz CT molecular complexity index is 152. The molecule has 0 amide bonds. The van der Waals surface area contributed by atoms with Crippen molar-refractivity contribution in [3.05, 3.63) is 11.6 Å². The van der Waals surface area contributed by atoms with E-state index in [0.717, 1.165) is 12.8 Å². The van der Waals surface area contributed by atoms with Gasteiger partial charge in [-0.05, 0) is 19.8 Å². The maximum atomic E-state index is 8.72. The molecule has 0 saturated heterocycles. The first-order chi connectivity index (χ1) is 6.74. The molecule has 0 bridgehead atoms. The van der Waals surface area contributed by atoms with Crippen molar-refractivity contribution in [2.24, 2.45) is 0 Å². The van der Waals surface area contributed by atoms with Crippen LogP contribution in [-0.2, 0) is 4.74 Å². The monoisotopic (exact) mass is 200 g/mol. The zero-order chi connectivity index (χ0) is 10.8. The Hall–Kier alpha value is -0.340. The van der Waals surface area contributed by atoms with E-state index >= 15 is 0 Å². The molecule has 0 aliphatic heterocycles. The molecule has 0 saturated carbocycles. The Balaban J connectivity index is 3.72. The Morgan fingerprint density at radius 2 is 2.14 bits per heavy atom. The third-order valence-electron chi connectivity index (χ3n) is 2.45. The molecule has 1 unspecified atom stereocenters. The van der Waals surface area contributed by atoms with Crippen LogP contribution in [0.4, 0.5) is 0 Å². The van der Waals surface area contributed by atoms with Gasteiger partial charge in [-0.2, -0.15) is 0 Å². The first kappa shape index (κ1) is 13.7. The van der Waals surface area contributed by atoms with Gasteiger partial charge in [0.2, 0.25) is 0 Å². The Morgan fingerprint density at radius 3 is 2.64 bits per heavy atom. The lowest BCUT2D eigenvalue weighted by Gasteiger charge is -2.15. The molecule has 0 aromatic rings. The summed E-state index contributed by atoms with van der Waals surface area (Å²) >= 11 is 0. The van der Waals surface area contributed by atoms with Crippen molar-refractivity contribution in [2.75, 3.05) is 13.7 Å². The first-order valence-electron chi connectivity index (χ1n) is 5.53. The van der Waals surface area contributed by atoms with Gasteiger partial charge in [0.1, 0.15) is 0 Å². The highest BCUT2D eigenvalue weighted by atomic mass is 16.5. The van der Waals surface area contributed by atoms with Crippen LogP contribution >= 0.6 is 0 Å². The van der Waals surface area contributed by atoms with Gasteiger partial charge in [-0.3, -0.25) is 0 Å². The highest BCUT2D eigenvalue weighted by Gasteiger charge is 2.07. The number of hydrogen-bond donors (Lipinski definition) is 1. The number of methoxy groups -OCH3 is 1. The quantitative estimate of drug-likeness (QED) is 0.482. The molecule has 2 nitrogen and oxygen atoms in total. The van der Waals surface area contributed by atoms with E-state index in [1.807, 2.05) is 13.0 Å². The van der Waals surface area contributed by atoms with Crippen LogP contribution in [0.15, 0.2) is 11.6 Å². The molecule has 14 heavy (non-hydrogen) atoms. The number of aliphatic hydroxyl groups excluding tert-OH is 1. The third kappa shape index (κ3) is 7.10. The maximum Gasteiger partial charge on any atom is 0.0614 e.